The van der Waals surface area contributed by atoms with E-state index in [4.69, 9.17) is 6.42 Å². The maximum Gasteiger partial charge on any atom is 0.339 e. The molecule has 1 aromatic carbocycles. The maximum absolute atomic E-state index is 13.4. The minimum Gasteiger partial charge on any atom is -0.478 e. The molecule has 2 aromatic rings. The standard InChI is InChI=1S/C24H28N2O3/c1-5-18-8-12-20(13-9-18)25-14-21(24(28)29)22(15-25)26(16(2)3)23(27)19-10-6-17(4)7-11-19/h1,8-9,12-17,19H,6-7,10-11H2,2-4H3,(H,28,29). The molecule has 5 heteroatoms. The Balaban J connectivity index is 1.99. The number of rotatable bonds is 5. The van der Waals surface area contributed by atoms with Crippen molar-refractivity contribution in [2.24, 2.45) is 11.8 Å². The largest absolute Gasteiger partial charge is 0.478 e. The van der Waals surface area contributed by atoms with Gasteiger partial charge < -0.3 is 14.6 Å². The molecule has 29 heavy (non-hydrogen) atoms. The molecule has 1 aliphatic carbocycles. The zero-order valence-electron chi connectivity index (χ0n) is 17.3. The number of hydrogen-bond donors (Lipinski definition) is 1. The van der Waals surface area contributed by atoms with Crippen LogP contribution in [0, 0.1) is 24.2 Å². The number of nitrogens with zero attached hydrogens (tertiary/aromatic N) is 2. The molecule has 1 aromatic heterocycles. The number of aromatic carboxylic acids is 1. The van der Waals surface area contributed by atoms with E-state index in [2.05, 4.69) is 12.8 Å². The van der Waals surface area contributed by atoms with E-state index < -0.39 is 5.97 Å². The fourth-order valence-electron chi connectivity index (χ4n) is 4.03. The first-order valence-electron chi connectivity index (χ1n) is 10.2. The SMILES string of the molecule is C#Cc1ccc(-n2cc(C(=O)O)c(N(C(=O)C3CCC(C)CC3)C(C)C)c2)cc1. The lowest BCUT2D eigenvalue weighted by Gasteiger charge is -2.33. The summed E-state index contributed by atoms with van der Waals surface area (Å²) in [5, 5.41) is 9.79. The summed E-state index contributed by atoms with van der Waals surface area (Å²) >= 11 is 0. The average molecular weight is 392 g/mol. The van der Waals surface area contributed by atoms with Gasteiger partial charge in [0.15, 0.2) is 0 Å². The Morgan fingerprint density at radius 3 is 2.28 bits per heavy atom. The highest BCUT2D eigenvalue weighted by atomic mass is 16.4. The van der Waals surface area contributed by atoms with Crippen molar-refractivity contribution in [1.82, 2.24) is 4.57 Å². The molecule has 0 spiro atoms. The van der Waals surface area contributed by atoms with Crippen LogP contribution < -0.4 is 4.90 Å². The van der Waals surface area contributed by atoms with Gasteiger partial charge in [-0.1, -0.05) is 12.8 Å². The summed E-state index contributed by atoms with van der Waals surface area (Å²) in [5.41, 5.74) is 2.11. The minimum atomic E-state index is -1.05. The third kappa shape index (κ3) is 4.37. The molecule has 0 aliphatic heterocycles. The second kappa shape index (κ2) is 8.57. The lowest BCUT2D eigenvalue weighted by atomic mass is 9.82. The van der Waals surface area contributed by atoms with Crippen molar-refractivity contribution < 1.29 is 14.7 Å². The zero-order valence-corrected chi connectivity index (χ0v) is 17.3. The summed E-state index contributed by atoms with van der Waals surface area (Å²) in [6.45, 7) is 6.07. The van der Waals surface area contributed by atoms with Gasteiger partial charge in [-0.05, 0) is 69.7 Å². The predicted octanol–water partition coefficient (Wildman–Crippen LogP) is 4.72. The molecule has 1 saturated carbocycles. The Hall–Kier alpha value is -3.00. The molecule has 0 unspecified atom stereocenters. The van der Waals surface area contributed by atoms with Crippen LogP contribution in [0.2, 0.25) is 0 Å². The maximum atomic E-state index is 13.4. The van der Waals surface area contributed by atoms with E-state index in [0.717, 1.165) is 36.9 Å². The molecule has 1 aliphatic rings. The van der Waals surface area contributed by atoms with Gasteiger partial charge in [0.2, 0.25) is 5.91 Å². The van der Waals surface area contributed by atoms with Crippen molar-refractivity contribution in [3.8, 4) is 18.0 Å². The first-order chi connectivity index (χ1) is 13.8. The molecule has 0 atom stereocenters. The molecule has 152 valence electrons. The minimum absolute atomic E-state index is 0.0230. The van der Waals surface area contributed by atoms with Gasteiger partial charge >= 0.3 is 5.97 Å². The van der Waals surface area contributed by atoms with Crippen LogP contribution in [0.3, 0.4) is 0 Å². The van der Waals surface area contributed by atoms with Gasteiger partial charge in [-0.3, -0.25) is 4.79 Å². The summed E-state index contributed by atoms with van der Waals surface area (Å²) in [7, 11) is 0. The van der Waals surface area contributed by atoms with Crippen LogP contribution in [0.5, 0.6) is 0 Å². The van der Waals surface area contributed by atoms with Crippen LogP contribution in [0.15, 0.2) is 36.7 Å². The Morgan fingerprint density at radius 1 is 1.14 bits per heavy atom. The van der Waals surface area contributed by atoms with Crippen molar-refractivity contribution in [3.05, 3.63) is 47.8 Å². The van der Waals surface area contributed by atoms with Crippen molar-refractivity contribution in [3.63, 3.8) is 0 Å². The van der Waals surface area contributed by atoms with Gasteiger partial charge in [0.05, 0.1) is 5.69 Å². The molecular weight excluding hydrogens is 364 g/mol. The van der Waals surface area contributed by atoms with E-state index in [1.54, 1.807) is 21.9 Å². The highest BCUT2D eigenvalue weighted by Gasteiger charge is 2.33. The molecule has 0 saturated heterocycles. The highest BCUT2D eigenvalue weighted by molar-refractivity contribution is 6.03. The van der Waals surface area contributed by atoms with Gasteiger partial charge in [0.25, 0.3) is 0 Å². The van der Waals surface area contributed by atoms with Gasteiger partial charge in [-0.2, -0.15) is 0 Å². The number of amides is 1. The molecule has 3 rings (SSSR count). The fraction of sp³-hybridized carbons (Fsp3) is 0.417. The Kier molecular flexibility index (Phi) is 6.12. The summed E-state index contributed by atoms with van der Waals surface area (Å²) < 4.78 is 1.74. The topological polar surface area (TPSA) is 62.5 Å². The van der Waals surface area contributed by atoms with E-state index in [0.29, 0.717) is 11.6 Å². The lowest BCUT2D eigenvalue weighted by molar-refractivity contribution is -0.123. The number of hydrogen-bond acceptors (Lipinski definition) is 2. The van der Waals surface area contributed by atoms with Crippen LogP contribution in [0.1, 0.15) is 62.4 Å². The third-order valence-corrected chi connectivity index (χ3v) is 5.75. The zero-order chi connectivity index (χ0) is 21.1. The Morgan fingerprint density at radius 2 is 1.76 bits per heavy atom. The Bertz CT molecular complexity index is 926. The molecule has 1 amide bonds. The molecule has 1 heterocycles. The van der Waals surface area contributed by atoms with Gasteiger partial charge in [-0.15, -0.1) is 6.42 Å². The van der Waals surface area contributed by atoms with E-state index in [9.17, 15) is 14.7 Å². The summed E-state index contributed by atoms with van der Waals surface area (Å²) in [6.07, 6.45) is 12.5. The second-order valence-corrected chi connectivity index (χ2v) is 8.22. The van der Waals surface area contributed by atoms with Crippen LogP contribution >= 0.6 is 0 Å². The second-order valence-electron chi connectivity index (χ2n) is 8.22. The first-order valence-corrected chi connectivity index (χ1v) is 10.2. The van der Waals surface area contributed by atoms with E-state index >= 15 is 0 Å². The molecule has 0 bridgehead atoms. The number of carboxylic acids is 1. The number of terminal acetylenes is 1. The van der Waals surface area contributed by atoms with E-state index in [1.807, 2.05) is 38.1 Å². The van der Waals surface area contributed by atoms with Crippen molar-refractivity contribution in [1.29, 1.82) is 0 Å². The van der Waals surface area contributed by atoms with Crippen molar-refractivity contribution in [2.75, 3.05) is 4.90 Å². The van der Waals surface area contributed by atoms with Gasteiger partial charge in [-0.25, -0.2) is 4.79 Å². The summed E-state index contributed by atoms with van der Waals surface area (Å²) in [5.74, 6) is 2.15. The van der Waals surface area contributed by atoms with Crippen LogP contribution in [-0.4, -0.2) is 27.6 Å². The molecule has 0 radical (unpaired) electrons. The molecule has 1 fully saturated rings. The van der Waals surface area contributed by atoms with Crippen molar-refractivity contribution >= 4 is 17.6 Å². The van der Waals surface area contributed by atoms with E-state index in [-0.39, 0.29) is 23.4 Å². The quantitative estimate of drug-likeness (QED) is 0.749. The summed E-state index contributed by atoms with van der Waals surface area (Å²) in [6, 6.07) is 7.16. The van der Waals surface area contributed by atoms with Gasteiger partial charge in [0.1, 0.15) is 5.56 Å². The monoisotopic (exact) mass is 392 g/mol. The number of benzene rings is 1. The summed E-state index contributed by atoms with van der Waals surface area (Å²) in [4.78, 5) is 27.0. The predicted molar refractivity (Wildman–Crippen MR) is 114 cm³/mol. The third-order valence-electron chi connectivity index (χ3n) is 5.75. The van der Waals surface area contributed by atoms with Crippen LogP contribution in [-0.2, 0) is 4.79 Å². The van der Waals surface area contributed by atoms with Crippen LogP contribution in [0.25, 0.3) is 5.69 Å². The lowest BCUT2D eigenvalue weighted by Crippen LogP contribution is -2.42. The highest BCUT2D eigenvalue weighted by Crippen LogP contribution is 2.33. The van der Waals surface area contributed by atoms with Gasteiger partial charge in [0, 0.05) is 35.6 Å². The Labute approximate surface area is 172 Å². The fourth-order valence-corrected chi connectivity index (χ4v) is 4.03. The number of anilines is 1. The van der Waals surface area contributed by atoms with E-state index in [1.165, 1.54) is 0 Å². The molecular formula is C24H28N2O3. The molecule has 1 N–H and O–H groups in total. The normalized spacial score (nSPS) is 19.0. The average Bonchev–Trinajstić information content (AvgIpc) is 3.13. The number of carbonyl (C=O) groups excluding carboxylic acids is 1. The van der Waals surface area contributed by atoms with Crippen LogP contribution in [0.4, 0.5) is 5.69 Å². The number of carbonyl (C=O) groups is 2. The van der Waals surface area contributed by atoms with Crippen molar-refractivity contribution in [2.45, 2.75) is 52.5 Å². The first kappa shape index (κ1) is 20.7. The molecule has 5 nitrogen and oxygen atoms in total. The number of aromatic nitrogens is 1. The smallest absolute Gasteiger partial charge is 0.339 e. The number of carboxylic acid groups (broad SMARTS) is 1.